The SMILES string of the molecule is Cc1cc(-c2ccncc2)nc2nc(N)nn12. The van der Waals surface area contributed by atoms with E-state index in [9.17, 15) is 0 Å². The molecule has 3 aromatic heterocycles. The molecule has 6 heteroatoms. The van der Waals surface area contributed by atoms with Crippen LogP contribution in [0.2, 0.25) is 0 Å². The number of hydrogen-bond donors (Lipinski definition) is 1. The number of nitrogen functional groups attached to an aromatic ring is 1. The van der Waals surface area contributed by atoms with E-state index >= 15 is 0 Å². The Hall–Kier alpha value is -2.50. The van der Waals surface area contributed by atoms with Crippen molar-refractivity contribution in [3.8, 4) is 11.3 Å². The van der Waals surface area contributed by atoms with Gasteiger partial charge in [0.1, 0.15) is 0 Å². The summed E-state index contributed by atoms with van der Waals surface area (Å²) in [4.78, 5) is 12.5. The largest absolute Gasteiger partial charge is 0.366 e. The second kappa shape index (κ2) is 3.51. The molecule has 0 aliphatic heterocycles. The maximum Gasteiger partial charge on any atom is 0.254 e. The maximum atomic E-state index is 5.56. The highest BCUT2D eigenvalue weighted by molar-refractivity contribution is 5.60. The Bertz CT molecular complexity index is 673. The fraction of sp³-hybridized carbons (Fsp3) is 0.0909. The van der Waals surface area contributed by atoms with Gasteiger partial charge in [0, 0.05) is 23.7 Å². The molecule has 17 heavy (non-hydrogen) atoms. The van der Waals surface area contributed by atoms with Crippen molar-refractivity contribution in [3.63, 3.8) is 0 Å². The van der Waals surface area contributed by atoms with Gasteiger partial charge in [-0.25, -0.2) is 4.98 Å². The van der Waals surface area contributed by atoms with Crippen LogP contribution in [0.4, 0.5) is 5.95 Å². The number of fused-ring (bicyclic) bond motifs is 1. The van der Waals surface area contributed by atoms with Gasteiger partial charge in [0.25, 0.3) is 5.78 Å². The Balaban J connectivity index is 2.25. The third kappa shape index (κ3) is 1.59. The fourth-order valence-electron chi connectivity index (χ4n) is 1.70. The van der Waals surface area contributed by atoms with Crippen molar-refractivity contribution in [3.05, 3.63) is 36.3 Å². The van der Waals surface area contributed by atoms with Crippen LogP contribution in [-0.2, 0) is 0 Å². The average Bonchev–Trinajstić information content (AvgIpc) is 2.71. The average molecular weight is 226 g/mol. The molecular weight excluding hydrogens is 216 g/mol. The minimum atomic E-state index is 0.229. The quantitative estimate of drug-likeness (QED) is 0.671. The molecule has 0 aliphatic carbocycles. The molecule has 84 valence electrons. The van der Waals surface area contributed by atoms with E-state index in [4.69, 9.17) is 5.73 Å². The third-order valence-corrected chi connectivity index (χ3v) is 2.48. The zero-order valence-corrected chi connectivity index (χ0v) is 9.20. The normalized spacial score (nSPS) is 10.9. The Kier molecular flexibility index (Phi) is 2.01. The van der Waals surface area contributed by atoms with Crippen molar-refractivity contribution in [2.24, 2.45) is 0 Å². The number of aromatic nitrogens is 5. The Morgan fingerprint density at radius 3 is 2.71 bits per heavy atom. The van der Waals surface area contributed by atoms with Gasteiger partial charge in [0.05, 0.1) is 5.69 Å². The van der Waals surface area contributed by atoms with Crippen molar-refractivity contribution >= 4 is 11.7 Å². The van der Waals surface area contributed by atoms with Crippen LogP contribution >= 0.6 is 0 Å². The molecule has 0 fully saturated rings. The lowest BCUT2D eigenvalue weighted by Crippen LogP contribution is -1.98. The highest BCUT2D eigenvalue weighted by atomic mass is 15.4. The van der Waals surface area contributed by atoms with E-state index in [0.717, 1.165) is 17.0 Å². The molecule has 3 heterocycles. The van der Waals surface area contributed by atoms with Crippen molar-refractivity contribution < 1.29 is 0 Å². The number of nitrogens with two attached hydrogens (primary N) is 1. The highest BCUT2D eigenvalue weighted by Crippen LogP contribution is 2.18. The minimum absolute atomic E-state index is 0.229. The number of nitrogens with zero attached hydrogens (tertiary/aromatic N) is 5. The van der Waals surface area contributed by atoms with E-state index in [2.05, 4.69) is 20.1 Å². The summed E-state index contributed by atoms with van der Waals surface area (Å²) >= 11 is 0. The van der Waals surface area contributed by atoms with Crippen LogP contribution in [0.5, 0.6) is 0 Å². The van der Waals surface area contributed by atoms with Crippen molar-refractivity contribution in [1.29, 1.82) is 0 Å². The predicted octanol–water partition coefficient (Wildman–Crippen LogP) is 1.08. The molecule has 0 aliphatic rings. The number of hydrogen-bond acceptors (Lipinski definition) is 5. The van der Waals surface area contributed by atoms with Crippen molar-refractivity contribution in [2.45, 2.75) is 6.92 Å². The van der Waals surface area contributed by atoms with Crippen LogP contribution in [0.15, 0.2) is 30.6 Å². The van der Waals surface area contributed by atoms with E-state index in [0.29, 0.717) is 5.78 Å². The summed E-state index contributed by atoms with van der Waals surface area (Å²) in [5.74, 6) is 0.738. The van der Waals surface area contributed by atoms with E-state index in [1.165, 1.54) is 0 Å². The maximum absolute atomic E-state index is 5.56. The summed E-state index contributed by atoms with van der Waals surface area (Å²) in [6, 6.07) is 5.74. The van der Waals surface area contributed by atoms with E-state index in [-0.39, 0.29) is 5.95 Å². The molecule has 0 atom stereocenters. The van der Waals surface area contributed by atoms with Gasteiger partial charge < -0.3 is 5.73 Å². The summed E-state index contributed by atoms with van der Waals surface area (Å²) in [6.07, 6.45) is 3.46. The molecule has 2 N–H and O–H groups in total. The summed E-state index contributed by atoms with van der Waals surface area (Å²) in [5.41, 5.74) is 8.32. The highest BCUT2D eigenvalue weighted by Gasteiger charge is 2.07. The number of rotatable bonds is 1. The first kappa shape index (κ1) is 9.71. The molecule has 0 unspecified atom stereocenters. The number of pyridine rings is 1. The molecule has 0 saturated carbocycles. The molecule has 6 nitrogen and oxygen atoms in total. The summed E-state index contributed by atoms with van der Waals surface area (Å²) in [7, 11) is 0. The summed E-state index contributed by atoms with van der Waals surface area (Å²) in [5, 5.41) is 4.06. The van der Waals surface area contributed by atoms with Crippen LogP contribution in [0, 0.1) is 6.92 Å². The first-order valence-electron chi connectivity index (χ1n) is 5.14. The zero-order chi connectivity index (χ0) is 11.8. The molecule has 0 bridgehead atoms. The van der Waals surface area contributed by atoms with Gasteiger partial charge >= 0.3 is 0 Å². The molecule has 0 aromatic carbocycles. The minimum Gasteiger partial charge on any atom is -0.366 e. The second-order valence-corrected chi connectivity index (χ2v) is 3.70. The van der Waals surface area contributed by atoms with E-state index in [1.807, 2.05) is 25.1 Å². The first-order valence-corrected chi connectivity index (χ1v) is 5.14. The summed E-state index contributed by atoms with van der Waals surface area (Å²) < 4.78 is 1.63. The van der Waals surface area contributed by atoms with Crippen LogP contribution in [-0.4, -0.2) is 24.6 Å². The molecule has 0 saturated heterocycles. The second-order valence-electron chi connectivity index (χ2n) is 3.70. The predicted molar refractivity (Wildman–Crippen MR) is 63.2 cm³/mol. The zero-order valence-electron chi connectivity index (χ0n) is 9.20. The van der Waals surface area contributed by atoms with Gasteiger partial charge in [-0.2, -0.15) is 9.50 Å². The lowest BCUT2D eigenvalue weighted by atomic mass is 10.2. The smallest absolute Gasteiger partial charge is 0.254 e. The third-order valence-electron chi connectivity index (χ3n) is 2.48. The monoisotopic (exact) mass is 226 g/mol. The van der Waals surface area contributed by atoms with Crippen LogP contribution in [0.3, 0.4) is 0 Å². The lowest BCUT2D eigenvalue weighted by molar-refractivity contribution is 0.900. The standard InChI is InChI=1S/C11H10N6/c1-7-6-9(8-2-4-13-5-3-8)14-11-15-10(12)16-17(7)11/h2-6H,1H3,(H2,12,16). The molecule has 3 rings (SSSR count). The van der Waals surface area contributed by atoms with Gasteiger partial charge in [-0.05, 0) is 25.1 Å². The van der Waals surface area contributed by atoms with Gasteiger partial charge in [0.15, 0.2) is 0 Å². The van der Waals surface area contributed by atoms with Crippen molar-refractivity contribution in [1.82, 2.24) is 24.6 Å². The van der Waals surface area contributed by atoms with Crippen LogP contribution in [0.25, 0.3) is 17.0 Å². The van der Waals surface area contributed by atoms with Gasteiger partial charge in [-0.3, -0.25) is 4.98 Å². The van der Waals surface area contributed by atoms with Gasteiger partial charge in [0.2, 0.25) is 5.95 Å². The fourth-order valence-corrected chi connectivity index (χ4v) is 1.70. The number of aryl methyl sites for hydroxylation is 1. The van der Waals surface area contributed by atoms with E-state index in [1.54, 1.807) is 16.9 Å². The molecule has 3 aromatic rings. The topological polar surface area (TPSA) is 82.0 Å². The van der Waals surface area contributed by atoms with Crippen molar-refractivity contribution in [2.75, 3.05) is 5.73 Å². The van der Waals surface area contributed by atoms with Gasteiger partial charge in [-0.15, -0.1) is 5.10 Å². The first-order chi connectivity index (χ1) is 8.24. The summed E-state index contributed by atoms with van der Waals surface area (Å²) in [6.45, 7) is 1.94. The lowest BCUT2D eigenvalue weighted by Gasteiger charge is -2.02. The van der Waals surface area contributed by atoms with E-state index < -0.39 is 0 Å². The molecule has 0 radical (unpaired) electrons. The molecular formula is C11H10N6. The Labute approximate surface area is 97.2 Å². The van der Waals surface area contributed by atoms with Crippen LogP contribution < -0.4 is 5.73 Å². The number of anilines is 1. The van der Waals surface area contributed by atoms with Crippen LogP contribution in [0.1, 0.15) is 5.69 Å². The molecule has 0 spiro atoms. The Morgan fingerprint density at radius 1 is 1.18 bits per heavy atom. The van der Waals surface area contributed by atoms with Gasteiger partial charge in [-0.1, -0.05) is 0 Å². The Morgan fingerprint density at radius 2 is 1.94 bits per heavy atom. The molecule has 0 amide bonds.